The van der Waals surface area contributed by atoms with Crippen LogP contribution in [0.25, 0.3) is 5.69 Å². The Morgan fingerprint density at radius 3 is 2.38 bits per heavy atom. The molecule has 1 aromatic heterocycles. The SMILES string of the molecule is COc1cc(=NC(=O)Oc2ccccc2)cnn1-c1ccccc1. The number of benzene rings is 2. The van der Waals surface area contributed by atoms with Crippen LogP contribution in [0.4, 0.5) is 4.79 Å². The van der Waals surface area contributed by atoms with Gasteiger partial charge in [-0.15, -0.1) is 0 Å². The number of nitrogens with zero attached hydrogens (tertiary/aromatic N) is 3. The van der Waals surface area contributed by atoms with E-state index in [4.69, 9.17) is 9.47 Å². The van der Waals surface area contributed by atoms with Gasteiger partial charge in [0.25, 0.3) is 0 Å². The molecule has 0 aliphatic heterocycles. The Morgan fingerprint density at radius 1 is 1.04 bits per heavy atom. The summed E-state index contributed by atoms with van der Waals surface area (Å²) < 4.78 is 12.1. The number of hydrogen-bond acceptors (Lipinski definition) is 4. The molecule has 0 N–H and O–H groups in total. The van der Waals surface area contributed by atoms with Gasteiger partial charge in [-0.05, 0) is 24.3 Å². The lowest BCUT2D eigenvalue weighted by molar-refractivity contribution is 0.210. The van der Waals surface area contributed by atoms with Crippen molar-refractivity contribution in [3.63, 3.8) is 0 Å². The number of aromatic nitrogens is 2. The first-order valence-corrected chi connectivity index (χ1v) is 7.26. The first-order chi connectivity index (χ1) is 11.8. The van der Waals surface area contributed by atoms with E-state index in [1.807, 2.05) is 36.4 Å². The highest BCUT2D eigenvalue weighted by molar-refractivity contribution is 5.71. The summed E-state index contributed by atoms with van der Waals surface area (Å²) in [5.74, 6) is 0.886. The molecule has 1 amide bonds. The fourth-order valence-corrected chi connectivity index (χ4v) is 2.09. The van der Waals surface area contributed by atoms with E-state index in [1.165, 1.54) is 13.3 Å². The van der Waals surface area contributed by atoms with E-state index in [0.717, 1.165) is 5.69 Å². The molecule has 0 saturated heterocycles. The lowest BCUT2D eigenvalue weighted by atomic mass is 10.3. The third-order valence-electron chi connectivity index (χ3n) is 3.16. The van der Waals surface area contributed by atoms with Crippen molar-refractivity contribution in [2.24, 2.45) is 4.99 Å². The lowest BCUT2D eigenvalue weighted by Gasteiger charge is -2.10. The molecule has 0 bridgehead atoms. The number of rotatable bonds is 3. The Kier molecular flexibility index (Phi) is 4.67. The lowest BCUT2D eigenvalue weighted by Crippen LogP contribution is -2.15. The maximum Gasteiger partial charge on any atom is 0.439 e. The van der Waals surface area contributed by atoms with Crippen LogP contribution >= 0.6 is 0 Å². The van der Waals surface area contributed by atoms with Crippen molar-refractivity contribution in [2.45, 2.75) is 0 Å². The number of para-hydroxylation sites is 2. The molecule has 0 aliphatic carbocycles. The first-order valence-electron chi connectivity index (χ1n) is 7.26. The summed E-state index contributed by atoms with van der Waals surface area (Å²) in [6, 6.07) is 19.9. The molecule has 2 aromatic carbocycles. The fraction of sp³-hybridized carbons (Fsp3) is 0.0556. The first kappa shape index (κ1) is 15.5. The molecule has 0 saturated carbocycles. The van der Waals surface area contributed by atoms with Crippen LogP contribution in [0.5, 0.6) is 11.6 Å². The van der Waals surface area contributed by atoms with E-state index in [9.17, 15) is 4.79 Å². The highest BCUT2D eigenvalue weighted by atomic mass is 16.5. The molecule has 6 nitrogen and oxygen atoms in total. The third kappa shape index (κ3) is 3.67. The van der Waals surface area contributed by atoms with Gasteiger partial charge in [0.05, 0.1) is 24.4 Å². The number of amides is 1. The van der Waals surface area contributed by atoms with Crippen LogP contribution in [0.3, 0.4) is 0 Å². The van der Waals surface area contributed by atoms with Crippen molar-refractivity contribution >= 4 is 6.09 Å². The second-order valence-electron chi connectivity index (χ2n) is 4.80. The number of ether oxygens (including phenoxy) is 2. The Labute approximate surface area is 138 Å². The molecule has 0 radical (unpaired) electrons. The number of carbonyl (C=O) groups is 1. The Balaban J connectivity index is 1.88. The van der Waals surface area contributed by atoms with E-state index < -0.39 is 6.09 Å². The minimum Gasteiger partial charge on any atom is -0.481 e. The molecule has 1 heterocycles. The van der Waals surface area contributed by atoms with Gasteiger partial charge < -0.3 is 9.47 Å². The average molecular weight is 321 g/mol. The summed E-state index contributed by atoms with van der Waals surface area (Å²) in [6.07, 6.45) is 0.754. The topological polar surface area (TPSA) is 65.7 Å². The molecule has 0 spiro atoms. The highest BCUT2D eigenvalue weighted by Crippen LogP contribution is 2.13. The van der Waals surface area contributed by atoms with Crippen molar-refractivity contribution in [3.8, 4) is 17.3 Å². The average Bonchev–Trinajstić information content (AvgIpc) is 2.63. The van der Waals surface area contributed by atoms with Gasteiger partial charge in [0.2, 0.25) is 5.88 Å². The number of carbonyl (C=O) groups excluding carboxylic acids is 1. The normalized spacial score (nSPS) is 11.1. The molecule has 6 heteroatoms. The van der Waals surface area contributed by atoms with E-state index >= 15 is 0 Å². The molecule has 0 atom stereocenters. The third-order valence-corrected chi connectivity index (χ3v) is 3.16. The van der Waals surface area contributed by atoms with Crippen molar-refractivity contribution in [3.05, 3.63) is 78.3 Å². The van der Waals surface area contributed by atoms with Crippen molar-refractivity contribution in [1.29, 1.82) is 0 Å². The highest BCUT2D eigenvalue weighted by Gasteiger charge is 2.06. The van der Waals surface area contributed by atoms with Crippen molar-refractivity contribution in [1.82, 2.24) is 9.78 Å². The van der Waals surface area contributed by atoms with Gasteiger partial charge >= 0.3 is 6.09 Å². The van der Waals surface area contributed by atoms with E-state index in [0.29, 0.717) is 17.0 Å². The largest absolute Gasteiger partial charge is 0.481 e. The summed E-state index contributed by atoms with van der Waals surface area (Å²) in [4.78, 5) is 15.8. The molecule has 3 rings (SSSR count). The van der Waals surface area contributed by atoms with Crippen LogP contribution in [-0.4, -0.2) is 23.0 Å². The van der Waals surface area contributed by atoms with Gasteiger partial charge in [-0.2, -0.15) is 10.1 Å². The second kappa shape index (κ2) is 7.23. The minimum atomic E-state index is -0.720. The molecular formula is C18H15N3O3. The maximum atomic E-state index is 11.9. The molecular weight excluding hydrogens is 306 g/mol. The Bertz CT molecular complexity index is 890. The smallest absolute Gasteiger partial charge is 0.439 e. The zero-order valence-corrected chi connectivity index (χ0v) is 13.0. The van der Waals surface area contributed by atoms with Gasteiger partial charge in [-0.3, -0.25) is 0 Å². The van der Waals surface area contributed by atoms with Crippen LogP contribution in [0.2, 0.25) is 0 Å². The minimum absolute atomic E-state index is 0.347. The van der Waals surface area contributed by atoms with E-state index in [1.54, 1.807) is 35.0 Å². The monoisotopic (exact) mass is 321 g/mol. The molecule has 0 aliphatic rings. The van der Waals surface area contributed by atoms with Crippen LogP contribution in [0.1, 0.15) is 0 Å². The number of methoxy groups -OCH3 is 1. The van der Waals surface area contributed by atoms with Crippen molar-refractivity contribution in [2.75, 3.05) is 7.11 Å². The zero-order chi connectivity index (χ0) is 16.8. The van der Waals surface area contributed by atoms with Crippen LogP contribution < -0.4 is 14.8 Å². The Morgan fingerprint density at radius 2 is 1.71 bits per heavy atom. The molecule has 24 heavy (non-hydrogen) atoms. The van der Waals surface area contributed by atoms with Crippen LogP contribution in [-0.2, 0) is 0 Å². The maximum absolute atomic E-state index is 11.9. The summed E-state index contributed by atoms with van der Waals surface area (Å²) in [7, 11) is 1.53. The predicted molar refractivity (Wildman–Crippen MR) is 88.1 cm³/mol. The molecule has 120 valence electrons. The van der Waals surface area contributed by atoms with Gasteiger partial charge in [-0.1, -0.05) is 36.4 Å². The molecule has 0 unspecified atom stereocenters. The van der Waals surface area contributed by atoms with Gasteiger partial charge in [0, 0.05) is 6.07 Å². The van der Waals surface area contributed by atoms with Crippen LogP contribution in [0, 0.1) is 0 Å². The summed E-state index contributed by atoms with van der Waals surface area (Å²) in [5, 5.41) is 4.62. The van der Waals surface area contributed by atoms with E-state index in [-0.39, 0.29) is 0 Å². The van der Waals surface area contributed by atoms with Gasteiger partial charge in [-0.25, -0.2) is 9.48 Å². The van der Waals surface area contributed by atoms with Gasteiger partial charge in [0.1, 0.15) is 5.75 Å². The number of hydrogen-bond donors (Lipinski definition) is 0. The standard InChI is InChI=1S/C18H15N3O3/c1-23-17-12-14(13-19-21(17)15-8-4-2-5-9-15)20-18(22)24-16-10-6-3-7-11-16/h2-13H,1H3. The summed E-state index contributed by atoms with van der Waals surface area (Å²) in [5.41, 5.74) is 0.841. The van der Waals surface area contributed by atoms with E-state index in [2.05, 4.69) is 10.1 Å². The van der Waals surface area contributed by atoms with Gasteiger partial charge in [0.15, 0.2) is 0 Å². The summed E-state index contributed by atoms with van der Waals surface area (Å²) in [6.45, 7) is 0. The Hall–Kier alpha value is -3.41. The molecule has 0 fully saturated rings. The molecule has 3 aromatic rings. The fourth-order valence-electron chi connectivity index (χ4n) is 2.09. The summed E-state index contributed by atoms with van der Waals surface area (Å²) >= 11 is 0. The zero-order valence-electron chi connectivity index (χ0n) is 13.0. The second-order valence-corrected chi connectivity index (χ2v) is 4.80. The van der Waals surface area contributed by atoms with Crippen LogP contribution in [0.15, 0.2) is 77.9 Å². The predicted octanol–water partition coefficient (Wildman–Crippen LogP) is 2.98. The quantitative estimate of drug-likeness (QED) is 0.744. The van der Waals surface area contributed by atoms with Crippen molar-refractivity contribution < 1.29 is 14.3 Å².